The van der Waals surface area contributed by atoms with Gasteiger partial charge in [-0.15, -0.1) is 0 Å². The molecule has 2 aromatic carbocycles. The number of aryl methyl sites for hydroxylation is 1. The van der Waals surface area contributed by atoms with Crippen molar-refractivity contribution in [1.29, 1.82) is 0 Å². The topological polar surface area (TPSA) is 95.9 Å². The minimum atomic E-state index is -0.607. The van der Waals surface area contributed by atoms with Crippen LogP contribution in [0.4, 0.5) is 0 Å². The number of hydrogen-bond acceptors (Lipinski definition) is 5. The Morgan fingerprint density at radius 2 is 1.63 bits per heavy atom. The number of phenols is 1. The van der Waals surface area contributed by atoms with Crippen molar-refractivity contribution in [3.8, 4) is 5.75 Å². The summed E-state index contributed by atoms with van der Waals surface area (Å²) in [5, 5.41) is 24.0. The predicted octanol–water partition coefficient (Wildman–Crippen LogP) is 8.87. The van der Waals surface area contributed by atoms with E-state index in [2.05, 4.69) is 45.1 Å². The molecule has 0 saturated heterocycles. The van der Waals surface area contributed by atoms with E-state index in [9.17, 15) is 19.8 Å². The molecule has 49 heavy (non-hydrogen) atoms. The highest BCUT2D eigenvalue weighted by molar-refractivity contribution is 5.94. The Bertz CT molecular complexity index is 1580. The third-order valence-electron chi connectivity index (χ3n) is 15.7. The molecule has 0 aromatic heterocycles. The Morgan fingerprint density at radius 3 is 2.43 bits per heavy atom. The summed E-state index contributed by atoms with van der Waals surface area (Å²) in [7, 11) is 1.28. The average Bonchev–Trinajstić information content (AvgIpc) is 3.53. The quantitative estimate of drug-likeness (QED) is 0.256. The minimum absolute atomic E-state index is 0.0128. The second-order valence-electron chi connectivity index (χ2n) is 18.0. The Balaban J connectivity index is 1.01. The summed E-state index contributed by atoms with van der Waals surface area (Å²) in [5.74, 6) is 3.01. The lowest BCUT2D eigenvalue weighted by molar-refractivity contribution is -0.214. The molecule has 0 radical (unpaired) electrons. The average molecular weight is 670 g/mol. The van der Waals surface area contributed by atoms with Gasteiger partial charge in [0.15, 0.2) is 0 Å². The molecule has 9 atom stereocenters. The van der Waals surface area contributed by atoms with E-state index in [1.54, 1.807) is 12.1 Å². The lowest BCUT2D eigenvalue weighted by Crippen LogP contribution is -2.63. The Hall–Kier alpha value is -2.86. The van der Waals surface area contributed by atoms with Gasteiger partial charge in [-0.25, -0.2) is 4.79 Å². The van der Waals surface area contributed by atoms with Crippen molar-refractivity contribution in [1.82, 2.24) is 5.32 Å². The number of hydrogen-bond donors (Lipinski definition) is 3. The fourth-order valence-electron chi connectivity index (χ4n) is 13.3. The summed E-state index contributed by atoms with van der Waals surface area (Å²) < 4.78 is 4.76. The molecule has 5 fully saturated rings. The van der Waals surface area contributed by atoms with E-state index in [0.29, 0.717) is 27.7 Å². The van der Waals surface area contributed by atoms with Crippen molar-refractivity contribution < 1.29 is 24.5 Å². The first-order valence-corrected chi connectivity index (χ1v) is 19.3. The van der Waals surface area contributed by atoms with Crippen LogP contribution in [0.5, 0.6) is 5.75 Å². The summed E-state index contributed by atoms with van der Waals surface area (Å²) in [5.41, 5.74) is 3.90. The maximum atomic E-state index is 13.2. The number of aromatic hydroxyl groups is 1. The lowest BCUT2D eigenvalue weighted by Gasteiger charge is -2.69. The molecule has 5 aliphatic rings. The third kappa shape index (κ3) is 5.72. The first-order chi connectivity index (χ1) is 23.3. The van der Waals surface area contributed by atoms with E-state index < -0.39 is 5.97 Å². The second-order valence-corrected chi connectivity index (χ2v) is 18.0. The van der Waals surface area contributed by atoms with Crippen LogP contribution in [0.1, 0.15) is 137 Å². The Labute approximate surface area is 293 Å². The minimum Gasteiger partial charge on any atom is -0.507 e. The number of fused-ring (bicyclic) bond motifs is 7. The molecular weight excluding hydrogens is 610 g/mol. The highest BCUT2D eigenvalue weighted by atomic mass is 16.5. The maximum absolute atomic E-state index is 13.2. The molecule has 5 saturated carbocycles. The van der Waals surface area contributed by atoms with E-state index >= 15 is 0 Å². The van der Waals surface area contributed by atoms with Crippen LogP contribution >= 0.6 is 0 Å². The fraction of sp³-hybridized carbons (Fsp3) is 0.674. The zero-order chi connectivity index (χ0) is 34.8. The van der Waals surface area contributed by atoms with Gasteiger partial charge in [0.05, 0.1) is 13.2 Å². The molecule has 3 N–H and O–H groups in total. The summed E-state index contributed by atoms with van der Waals surface area (Å²) >= 11 is 0. The Kier molecular flexibility index (Phi) is 8.98. The maximum Gasteiger partial charge on any atom is 0.341 e. The highest BCUT2D eigenvalue weighted by Gasteiger charge is 2.66. The highest BCUT2D eigenvalue weighted by Crippen LogP contribution is 2.73. The normalized spacial score (nSPS) is 37.6. The van der Waals surface area contributed by atoms with Crippen LogP contribution in [-0.2, 0) is 17.7 Å². The number of carbonyl (C=O) groups excluding carboxylic acids is 2. The van der Waals surface area contributed by atoms with Gasteiger partial charge in [-0.1, -0.05) is 52.3 Å². The molecule has 266 valence electrons. The van der Waals surface area contributed by atoms with Gasteiger partial charge in [-0.2, -0.15) is 0 Å². The molecule has 9 unspecified atom stereocenters. The van der Waals surface area contributed by atoms with Crippen LogP contribution in [0.3, 0.4) is 0 Å². The Morgan fingerprint density at radius 1 is 0.837 bits per heavy atom. The number of carbonyl (C=O) groups is 2. The van der Waals surface area contributed by atoms with Crippen LogP contribution in [0, 0.1) is 51.2 Å². The number of methoxy groups -OCH3 is 1. The van der Waals surface area contributed by atoms with E-state index in [1.165, 1.54) is 89.4 Å². The van der Waals surface area contributed by atoms with E-state index in [1.807, 2.05) is 12.1 Å². The lowest BCUT2D eigenvalue weighted by atomic mass is 9.36. The van der Waals surface area contributed by atoms with Gasteiger partial charge in [-0.05, 0) is 164 Å². The standard InChI is InChI=1S/C43H59NO5/c1-40(2)35-17-20-41(3)32-16-23-43(19-7-10-33(43)30(32)12-14-36(41)42(35,4)21-18-37(40)46)22-15-27-8-6-9-29(24-27)38(47)44-26-28-11-13-34(45)31(25-28)39(48)49-5/h6,8-9,11,13,24-25,30,32-33,35-37,45-46H,7,10,12,14-23,26H2,1-5H3,(H,44,47). The van der Waals surface area contributed by atoms with Crippen LogP contribution in [0.15, 0.2) is 42.5 Å². The number of rotatable bonds is 7. The van der Waals surface area contributed by atoms with Crippen LogP contribution in [0.2, 0.25) is 0 Å². The zero-order valence-corrected chi connectivity index (χ0v) is 30.5. The number of phenolic OH excluding ortho intramolecular Hbond substituents is 1. The molecule has 0 aliphatic heterocycles. The number of ether oxygens (including phenoxy) is 1. The van der Waals surface area contributed by atoms with Crippen molar-refractivity contribution in [2.75, 3.05) is 7.11 Å². The number of aliphatic hydroxyl groups is 1. The molecule has 0 bridgehead atoms. The molecule has 2 aromatic rings. The van der Waals surface area contributed by atoms with Crippen molar-refractivity contribution in [2.24, 2.45) is 51.2 Å². The van der Waals surface area contributed by atoms with Crippen molar-refractivity contribution in [3.63, 3.8) is 0 Å². The molecule has 0 heterocycles. The van der Waals surface area contributed by atoms with Gasteiger partial charge >= 0.3 is 5.97 Å². The van der Waals surface area contributed by atoms with Gasteiger partial charge in [0.25, 0.3) is 5.91 Å². The van der Waals surface area contributed by atoms with Gasteiger partial charge < -0.3 is 20.3 Å². The number of esters is 1. The van der Waals surface area contributed by atoms with Crippen molar-refractivity contribution in [3.05, 3.63) is 64.7 Å². The smallest absolute Gasteiger partial charge is 0.341 e. The molecule has 6 nitrogen and oxygen atoms in total. The van der Waals surface area contributed by atoms with E-state index in [4.69, 9.17) is 4.74 Å². The first kappa shape index (κ1) is 34.6. The summed E-state index contributed by atoms with van der Waals surface area (Å²) in [6.07, 6.45) is 16.4. The molecule has 0 spiro atoms. The first-order valence-electron chi connectivity index (χ1n) is 19.3. The van der Waals surface area contributed by atoms with Crippen LogP contribution in [0.25, 0.3) is 0 Å². The summed E-state index contributed by atoms with van der Waals surface area (Å²) in [6.45, 7) is 10.3. The SMILES string of the molecule is COC(=O)c1cc(CNC(=O)c2cccc(CCC34CCCC3C3CCC5C(C)(CCC6C(C)(C)C(O)CCC65C)C3CC4)c2)ccc1O. The van der Waals surface area contributed by atoms with Crippen LogP contribution in [-0.4, -0.2) is 35.3 Å². The number of aliphatic hydroxyl groups excluding tert-OH is 1. The summed E-state index contributed by atoms with van der Waals surface area (Å²) in [4.78, 5) is 25.2. The second kappa shape index (κ2) is 12.7. The van der Waals surface area contributed by atoms with Crippen LogP contribution < -0.4 is 5.32 Å². The largest absolute Gasteiger partial charge is 0.507 e. The van der Waals surface area contributed by atoms with E-state index in [-0.39, 0.29) is 35.3 Å². The fourth-order valence-corrected chi connectivity index (χ4v) is 13.3. The van der Waals surface area contributed by atoms with Crippen molar-refractivity contribution >= 4 is 11.9 Å². The van der Waals surface area contributed by atoms with Gasteiger partial charge in [0.1, 0.15) is 11.3 Å². The number of benzene rings is 2. The molecule has 5 aliphatic carbocycles. The predicted molar refractivity (Wildman–Crippen MR) is 192 cm³/mol. The number of nitrogens with one attached hydrogen (secondary N) is 1. The van der Waals surface area contributed by atoms with Gasteiger partial charge in [0, 0.05) is 12.1 Å². The molecule has 7 rings (SSSR count). The summed E-state index contributed by atoms with van der Waals surface area (Å²) in [6, 6.07) is 12.8. The van der Waals surface area contributed by atoms with E-state index in [0.717, 1.165) is 42.1 Å². The molecule has 6 heteroatoms. The molecular formula is C43H59NO5. The van der Waals surface area contributed by atoms with Gasteiger partial charge in [-0.3, -0.25) is 4.79 Å². The van der Waals surface area contributed by atoms with Crippen molar-refractivity contribution in [2.45, 2.75) is 124 Å². The zero-order valence-electron chi connectivity index (χ0n) is 30.5. The third-order valence-corrected chi connectivity index (χ3v) is 15.7. The molecule has 1 amide bonds. The monoisotopic (exact) mass is 669 g/mol. The van der Waals surface area contributed by atoms with Gasteiger partial charge in [0.2, 0.25) is 0 Å². The number of amides is 1.